The first kappa shape index (κ1) is 13.0. The van der Waals surface area contributed by atoms with Crippen LogP contribution in [0.15, 0.2) is 48.5 Å². The van der Waals surface area contributed by atoms with Crippen molar-refractivity contribution in [3.63, 3.8) is 0 Å². The van der Waals surface area contributed by atoms with Crippen LogP contribution in [0.3, 0.4) is 0 Å². The summed E-state index contributed by atoms with van der Waals surface area (Å²) in [5, 5.41) is 9.64. The molecule has 0 amide bonds. The monoisotopic (exact) mass is 273 g/mol. The van der Waals surface area contributed by atoms with Crippen LogP contribution in [0.4, 0.5) is 0 Å². The van der Waals surface area contributed by atoms with E-state index >= 15 is 0 Å². The molecule has 0 saturated heterocycles. The Kier molecular flexibility index (Phi) is 4.69. The zero-order chi connectivity index (χ0) is 12.8. The van der Waals surface area contributed by atoms with E-state index in [0.717, 1.165) is 22.1 Å². The second kappa shape index (κ2) is 6.49. The molecular formula is C15H12ClNS. The van der Waals surface area contributed by atoms with Crippen LogP contribution in [0.25, 0.3) is 0 Å². The molecule has 0 atom stereocenters. The average Bonchev–Trinajstić information content (AvgIpc) is 2.41. The van der Waals surface area contributed by atoms with Crippen LogP contribution in [-0.4, -0.2) is 0 Å². The summed E-state index contributed by atoms with van der Waals surface area (Å²) in [6.45, 7) is 0. The van der Waals surface area contributed by atoms with Crippen molar-refractivity contribution >= 4 is 23.4 Å². The number of halogens is 1. The molecule has 0 saturated carbocycles. The largest absolute Gasteiger partial charge is 0.192 e. The van der Waals surface area contributed by atoms with E-state index in [1.165, 1.54) is 5.56 Å². The first-order valence-electron chi connectivity index (χ1n) is 5.60. The van der Waals surface area contributed by atoms with Crippen molar-refractivity contribution in [2.75, 3.05) is 0 Å². The highest BCUT2D eigenvalue weighted by molar-refractivity contribution is 7.97. The highest BCUT2D eigenvalue weighted by Gasteiger charge is 2.00. The van der Waals surface area contributed by atoms with E-state index in [0.29, 0.717) is 5.56 Å². The fourth-order valence-corrected chi connectivity index (χ4v) is 2.90. The summed E-state index contributed by atoms with van der Waals surface area (Å²) in [5.74, 6) is 1.77. The van der Waals surface area contributed by atoms with E-state index < -0.39 is 0 Å². The second-order valence-electron chi connectivity index (χ2n) is 3.90. The first-order chi connectivity index (χ1) is 8.79. The van der Waals surface area contributed by atoms with E-state index in [4.69, 9.17) is 16.9 Å². The van der Waals surface area contributed by atoms with Crippen molar-refractivity contribution in [2.24, 2.45) is 0 Å². The first-order valence-corrected chi connectivity index (χ1v) is 7.13. The molecule has 1 nitrogen and oxygen atoms in total. The highest BCUT2D eigenvalue weighted by atomic mass is 35.5. The molecular weight excluding hydrogens is 262 g/mol. The smallest absolute Gasteiger partial charge is 0.0991 e. The molecule has 2 aromatic rings. The molecule has 0 heterocycles. The normalized spacial score (nSPS) is 10.0. The fourth-order valence-electron chi connectivity index (χ4n) is 1.62. The molecule has 0 bridgehead atoms. The van der Waals surface area contributed by atoms with Gasteiger partial charge in [-0.3, -0.25) is 0 Å². The third-order valence-electron chi connectivity index (χ3n) is 2.54. The van der Waals surface area contributed by atoms with Gasteiger partial charge >= 0.3 is 0 Å². The Hall–Kier alpha value is -1.43. The Balaban J connectivity index is 1.93. The Labute approximate surface area is 116 Å². The van der Waals surface area contributed by atoms with Gasteiger partial charge in [-0.05, 0) is 29.3 Å². The topological polar surface area (TPSA) is 23.8 Å². The molecule has 0 aliphatic carbocycles. The zero-order valence-electron chi connectivity index (χ0n) is 9.77. The number of nitrogens with zero attached hydrogens (tertiary/aromatic N) is 1. The fraction of sp³-hybridized carbons (Fsp3) is 0.133. The van der Waals surface area contributed by atoms with Crippen molar-refractivity contribution in [1.29, 1.82) is 5.26 Å². The summed E-state index contributed by atoms with van der Waals surface area (Å²) in [5.41, 5.74) is 3.04. The lowest BCUT2D eigenvalue weighted by Crippen LogP contribution is -1.85. The lowest BCUT2D eigenvalue weighted by molar-refractivity contribution is 1.35. The maximum atomic E-state index is 8.83. The number of thioether (sulfide) groups is 1. The molecule has 0 unspecified atom stereocenters. The minimum absolute atomic E-state index is 0.714. The van der Waals surface area contributed by atoms with E-state index in [2.05, 4.69) is 6.07 Å². The van der Waals surface area contributed by atoms with Crippen LogP contribution in [-0.2, 0) is 11.5 Å². The number of rotatable bonds is 4. The molecule has 2 aromatic carbocycles. The molecule has 0 spiro atoms. The average molecular weight is 274 g/mol. The van der Waals surface area contributed by atoms with Gasteiger partial charge < -0.3 is 0 Å². The quantitative estimate of drug-likeness (QED) is 0.810. The van der Waals surface area contributed by atoms with E-state index in [1.807, 2.05) is 48.5 Å². The van der Waals surface area contributed by atoms with Crippen molar-refractivity contribution in [1.82, 2.24) is 0 Å². The molecule has 0 aromatic heterocycles. The van der Waals surface area contributed by atoms with Gasteiger partial charge in [0, 0.05) is 16.5 Å². The maximum absolute atomic E-state index is 8.83. The van der Waals surface area contributed by atoms with E-state index in [9.17, 15) is 0 Å². The predicted molar refractivity (Wildman–Crippen MR) is 77.6 cm³/mol. The molecule has 0 aliphatic heterocycles. The molecule has 0 N–H and O–H groups in total. The van der Waals surface area contributed by atoms with Gasteiger partial charge in [0.2, 0.25) is 0 Å². The summed E-state index contributed by atoms with van der Waals surface area (Å²) in [6.07, 6.45) is 0. The van der Waals surface area contributed by atoms with E-state index in [-0.39, 0.29) is 0 Å². The van der Waals surface area contributed by atoms with Gasteiger partial charge in [-0.25, -0.2) is 0 Å². The van der Waals surface area contributed by atoms with Crippen LogP contribution < -0.4 is 0 Å². The summed E-state index contributed by atoms with van der Waals surface area (Å²) < 4.78 is 0. The standard InChI is InChI=1S/C15H12ClNS/c16-15-7-2-1-6-14(15)11-18-10-13-5-3-4-12(8-13)9-17/h1-8H,10-11H2. The predicted octanol–water partition coefficient (Wildman–Crippen LogP) is 4.65. The molecule has 0 radical (unpaired) electrons. The van der Waals surface area contributed by atoms with Crippen LogP contribution >= 0.6 is 23.4 Å². The Morgan fingerprint density at radius 3 is 2.67 bits per heavy atom. The molecule has 18 heavy (non-hydrogen) atoms. The van der Waals surface area contributed by atoms with E-state index in [1.54, 1.807) is 11.8 Å². The van der Waals surface area contributed by atoms with Gasteiger partial charge in [0.15, 0.2) is 0 Å². The summed E-state index contributed by atoms with van der Waals surface area (Å²) in [7, 11) is 0. The van der Waals surface area contributed by atoms with Crippen molar-refractivity contribution in [3.8, 4) is 6.07 Å². The Morgan fingerprint density at radius 1 is 1.06 bits per heavy atom. The van der Waals surface area contributed by atoms with Gasteiger partial charge in [0.05, 0.1) is 11.6 Å². The number of hydrogen-bond acceptors (Lipinski definition) is 2. The molecule has 3 heteroatoms. The third kappa shape index (κ3) is 3.53. The summed E-state index contributed by atoms with van der Waals surface area (Å²) in [4.78, 5) is 0. The number of nitriles is 1. The molecule has 2 rings (SSSR count). The minimum Gasteiger partial charge on any atom is -0.192 e. The Bertz CT molecular complexity index is 575. The van der Waals surface area contributed by atoms with Crippen molar-refractivity contribution in [2.45, 2.75) is 11.5 Å². The minimum atomic E-state index is 0.714. The second-order valence-corrected chi connectivity index (χ2v) is 5.29. The summed E-state index contributed by atoms with van der Waals surface area (Å²) >= 11 is 7.90. The van der Waals surface area contributed by atoms with Gasteiger partial charge in [-0.1, -0.05) is 41.9 Å². The van der Waals surface area contributed by atoms with Crippen LogP contribution in [0.5, 0.6) is 0 Å². The van der Waals surface area contributed by atoms with Crippen LogP contribution in [0, 0.1) is 11.3 Å². The van der Waals surface area contributed by atoms with Crippen molar-refractivity contribution < 1.29 is 0 Å². The van der Waals surface area contributed by atoms with Gasteiger partial charge in [0.1, 0.15) is 0 Å². The highest BCUT2D eigenvalue weighted by Crippen LogP contribution is 2.23. The number of hydrogen-bond donors (Lipinski definition) is 0. The summed E-state index contributed by atoms with van der Waals surface area (Å²) in [6, 6.07) is 17.8. The lowest BCUT2D eigenvalue weighted by atomic mass is 10.2. The molecule has 0 fully saturated rings. The molecule has 90 valence electrons. The lowest BCUT2D eigenvalue weighted by Gasteiger charge is -2.04. The van der Waals surface area contributed by atoms with Crippen LogP contribution in [0.1, 0.15) is 16.7 Å². The van der Waals surface area contributed by atoms with Gasteiger partial charge in [-0.15, -0.1) is 0 Å². The number of benzene rings is 2. The SMILES string of the molecule is N#Cc1cccc(CSCc2ccccc2Cl)c1. The van der Waals surface area contributed by atoms with Crippen molar-refractivity contribution in [3.05, 3.63) is 70.2 Å². The third-order valence-corrected chi connectivity index (χ3v) is 3.96. The van der Waals surface area contributed by atoms with Crippen LogP contribution in [0.2, 0.25) is 5.02 Å². The maximum Gasteiger partial charge on any atom is 0.0991 e. The zero-order valence-corrected chi connectivity index (χ0v) is 11.3. The Morgan fingerprint density at radius 2 is 1.89 bits per heavy atom. The van der Waals surface area contributed by atoms with Gasteiger partial charge in [-0.2, -0.15) is 17.0 Å². The van der Waals surface area contributed by atoms with Gasteiger partial charge in [0.25, 0.3) is 0 Å². The molecule has 0 aliphatic rings.